The van der Waals surface area contributed by atoms with E-state index in [9.17, 15) is 0 Å². The Balaban J connectivity index is 0. The number of nitrogen functional groups attached to an aromatic ring is 2. The largest absolute Gasteiger partial charge is 0.398 e. The summed E-state index contributed by atoms with van der Waals surface area (Å²) in [5, 5.41) is 0. The summed E-state index contributed by atoms with van der Waals surface area (Å²) in [6.07, 6.45) is 1.97. The van der Waals surface area contributed by atoms with E-state index in [-0.39, 0.29) is 24.8 Å². The minimum atomic E-state index is 0. The van der Waals surface area contributed by atoms with E-state index in [1.54, 1.807) is 11.8 Å². The summed E-state index contributed by atoms with van der Waals surface area (Å²) < 4.78 is 0. The predicted octanol–water partition coefficient (Wildman–Crippen LogP) is 2.72. The van der Waals surface area contributed by atoms with Gasteiger partial charge >= 0.3 is 0 Å². The second kappa shape index (κ2) is 6.24. The Labute approximate surface area is 95.3 Å². The third-order valence-electron chi connectivity index (χ3n) is 1.49. The van der Waals surface area contributed by atoms with E-state index < -0.39 is 0 Å². The normalized spacial score (nSPS) is 8.46. The van der Waals surface area contributed by atoms with Crippen molar-refractivity contribution >= 4 is 48.0 Å². The third kappa shape index (κ3) is 3.55. The fourth-order valence-corrected chi connectivity index (χ4v) is 1.65. The monoisotopic (exact) mass is 240 g/mol. The van der Waals surface area contributed by atoms with Crippen molar-refractivity contribution in [3.05, 3.63) is 17.7 Å². The van der Waals surface area contributed by atoms with Gasteiger partial charge in [0.2, 0.25) is 0 Å². The Morgan fingerprint density at radius 3 is 1.77 bits per heavy atom. The Bertz CT molecular complexity index is 256. The van der Waals surface area contributed by atoms with Gasteiger partial charge < -0.3 is 11.5 Å². The zero-order chi connectivity index (χ0) is 8.43. The van der Waals surface area contributed by atoms with Gasteiger partial charge in [-0.05, 0) is 30.9 Å². The van der Waals surface area contributed by atoms with Crippen LogP contribution in [0.15, 0.2) is 17.0 Å². The summed E-state index contributed by atoms with van der Waals surface area (Å²) in [5.74, 6) is 0. The fourth-order valence-electron chi connectivity index (χ4n) is 1.07. The predicted molar refractivity (Wildman–Crippen MR) is 66.3 cm³/mol. The highest BCUT2D eigenvalue weighted by atomic mass is 35.5. The van der Waals surface area contributed by atoms with Crippen LogP contribution >= 0.6 is 36.6 Å². The van der Waals surface area contributed by atoms with Gasteiger partial charge in [-0.1, -0.05) is 0 Å². The molecule has 13 heavy (non-hydrogen) atoms. The lowest BCUT2D eigenvalue weighted by Gasteiger charge is -2.06. The summed E-state index contributed by atoms with van der Waals surface area (Å²) in [4.78, 5) is 0.982. The number of rotatable bonds is 1. The maximum Gasteiger partial charge on any atom is 0.0530 e. The summed E-state index contributed by atoms with van der Waals surface area (Å²) >= 11 is 1.58. The molecule has 0 fully saturated rings. The van der Waals surface area contributed by atoms with Crippen LogP contribution in [0.4, 0.5) is 11.4 Å². The van der Waals surface area contributed by atoms with Crippen molar-refractivity contribution in [2.45, 2.75) is 11.8 Å². The molecule has 4 N–H and O–H groups in total. The first kappa shape index (κ1) is 15.2. The van der Waals surface area contributed by atoms with E-state index in [0.29, 0.717) is 0 Å². The molecule has 1 aromatic carbocycles. The average molecular weight is 241 g/mol. The van der Waals surface area contributed by atoms with Crippen molar-refractivity contribution in [2.24, 2.45) is 0 Å². The third-order valence-corrected chi connectivity index (χ3v) is 2.37. The molecule has 0 amide bonds. The van der Waals surface area contributed by atoms with Crippen LogP contribution in [0, 0.1) is 6.92 Å². The lowest BCUT2D eigenvalue weighted by molar-refractivity contribution is 1.39. The molecule has 0 unspecified atom stereocenters. The highest BCUT2D eigenvalue weighted by Crippen LogP contribution is 2.29. The molecule has 0 aromatic heterocycles. The second-order valence-electron chi connectivity index (χ2n) is 2.48. The second-order valence-corrected chi connectivity index (χ2v) is 3.29. The molecule has 0 spiro atoms. The average Bonchev–Trinajstić information content (AvgIpc) is 1.85. The minimum absolute atomic E-state index is 0. The summed E-state index contributed by atoms with van der Waals surface area (Å²) in [6.45, 7) is 1.98. The highest BCUT2D eigenvalue weighted by Gasteiger charge is 2.02. The van der Waals surface area contributed by atoms with E-state index in [1.807, 2.05) is 25.3 Å². The van der Waals surface area contributed by atoms with Gasteiger partial charge in [0.25, 0.3) is 0 Å². The number of hydrogen-bond acceptors (Lipinski definition) is 3. The molecule has 0 aliphatic carbocycles. The first-order valence-electron chi connectivity index (χ1n) is 3.34. The molecule has 0 radical (unpaired) electrons. The lowest BCUT2D eigenvalue weighted by Crippen LogP contribution is -1.95. The van der Waals surface area contributed by atoms with Crippen LogP contribution in [0.25, 0.3) is 0 Å². The summed E-state index contributed by atoms with van der Waals surface area (Å²) in [5.41, 5.74) is 14.1. The summed E-state index contributed by atoms with van der Waals surface area (Å²) in [6, 6.07) is 3.87. The molecular weight excluding hydrogens is 227 g/mol. The van der Waals surface area contributed by atoms with Gasteiger partial charge in [0.15, 0.2) is 0 Å². The van der Waals surface area contributed by atoms with Crippen LogP contribution in [0.3, 0.4) is 0 Å². The Morgan fingerprint density at radius 2 is 1.46 bits per heavy atom. The molecular formula is C8H14Cl2N2S. The molecule has 5 heteroatoms. The number of hydrogen-bond donors (Lipinski definition) is 2. The number of aryl methyl sites for hydroxylation is 1. The number of benzene rings is 1. The van der Waals surface area contributed by atoms with Gasteiger partial charge in [-0.2, -0.15) is 0 Å². The number of nitrogens with two attached hydrogens (primary N) is 2. The van der Waals surface area contributed by atoms with Gasteiger partial charge in [0.05, 0.1) is 4.90 Å². The van der Waals surface area contributed by atoms with E-state index >= 15 is 0 Å². The van der Waals surface area contributed by atoms with Crippen LogP contribution in [-0.4, -0.2) is 6.26 Å². The van der Waals surface area contributed by atoms with Crippen molar-refractivity contribution < 1.29 is 0 Å². The highest BCUT2D eigenvalue weighted by molar-refractivity contribution is 7.99. The van der Waals surface area contributed by atoms with Crippen molar-refractivity contribution in [3.63, 3.8) is 0 Å². The van der Waals surface area contributed by atoms with Crippen LogP contribution in [0.2, 0.25) is 0 Å². The van der Waals surface area contributed by atoms with Crippen LogP contribution in [0.1, 0.15) is 5.56 Å². The smallest absolute Gasteiger partial charge is 0.0530 e. The Kier molecular flexibility index (Phi) is 7.31. The van der Waals surface area contributed by atoms with Crippen molar-refractivity contribution in [3.8, 4) is 0 Å². The number of anilines is 2. The zero-order valence-corrected chi connectivity index (χ0v) is 9.98. The van der Waals surface area contributed by atoms with Gasteiger partial charge in [-0.25, -0.2) is 0 Å². The van der Waals surface area contributed by atoms with Crippen LogP contribution < -0.4 is 11.5 Å². The molecule has 1 aromatic rings. The molecule has 0 bridgehead atoms. The molecule has 0 aliphatic heterocycles. The molecule has 0 saturated carbocycles. The van der Waals surface area contributed by atoms with Crippen LogP contribution in [-0.2, 0) is 0 Å². The van der Waals surface area contributed by atoms with Crippen molar-refractivity contribution in [2.75, 3.05) is 17.7 Å². The van der Waals surface area contributed by atoms with Gasteiger partial charge in [0.1, 0.15) is 0 Å². The molecule has 2 nitrogen and oxygen atoms in total. The molecule has 0 heterocycles. The van der Waals surface area contributed by atoms with E-state index in [0.717, 1.165) is 21.8 Å². The fraction of sp³-hybridized carbons (Fsp3) is 0.250. The lowest BCUT2D eigenvalue weighted by atomic mass is 10.2. The molecule has 76 valence electrons. The van der Waals surface area contributed by atoms with E-state index in [2.05, 4.69) is 0 Å². The number of thioether (sulfide) groups is 1. The van der Waals surface area contributed by atoms with Gasteiger partial charge in [-0.15, -0.1) is 36.6 Å². The molecule has 0 aliphatic rings. The SMILES string of the molecule is CSc1c(N)cc(C)cc1N.Cl.Cl. The number of halogens is 2. The van der Waals surface area contributed by atoms with Crippen molar-refractivity contribution in [1.29, 1.82) is 0 Å². The van der Waals surface area contributed by atoms with E-state index in [4.69, 9.17) is 11.5 Å². The van der Waals surface area contributed by atoms with Crippen molar-refractivity contribution in [1.82, 2.24) is 0 Å². The van der Waals surface area contributed by atoms with Crippen LogP contribution in [0.5, 0.6) is 0 Å². The Morgan fingerprint density at radius 1 is 1.08 bits per heavy atom. The maximum atomic E-state index is 5.73. The standard InChI is InChI=1S/C8H12N2S.2ClH/c1-5-3-6(9)8(11-2)7(10)4-5;;/h3-4H,9-10H2,1-2H3;2*1H. The van der Waals surface area contributed by atoms with E-state index in [1.165, 1.54) is 0 Å². The quantitative estimate of drug-likeness (QED) is 0.587. The molecule has 0 saturated heterocycles. The van der Waals surface area contributed by atoms with Gasteiger partial charge in [0, 0.05) is 11.4 Å². The molecule has 1 rings (SSSR count). The topological polar surface area (TPSA) is 52.0 Å². The zero-order valence-electron chi connectivity index (χ0n) is 7.53. The molecule has 0 atom stereocenters. The summed E-state index contributed by atoms with van der Waals surface area (Å²) in [7, 11) is 0. The Hall–Kier alpha value is -0.250. The van der Waals surface area contributed by atoms with Gasteiger partial charge in [-0.3, -0.25) is 0 Å². The minimum Gasteiger partial charge on any atom is -0.398 e. The maximum absolute atomic E-state index is 5.73. The first-order chi connectivity index (χ1) is 5.15. The first-order valence-corrected chi connectivity index (χ1v) is 4.57.